The smallest absolute Gasteiger partial charge is 0.325 e. The summed E-state index contributed by atoms with van der Waals surface area (Å²) in [5.74, 6) is -0.301. The number of ether oxygens (including phenoxy) is 1. The van der Waals surface area contributed by atoms with Crippen LogP contribution in [0.15, 0.2) is 54.7 Å². The van der Waals surface area contributed by atoms with Crippen LogP contribution in [0.4, 0.5) is 5.95 Å². The van der Waals surface area contributed by atoms with Gasteiger partial charge in [0.1, 0.15) is 6.54 Å². The fraction of sp³-hybridized carbons (Fsp3) is 0.333. The van der Waals surface area contributed by atoms with Gasteiger partial charge in [0.05, 0.1) is 24.4 Å². The highest BCUT2D eigenvalue weighted by Gasteiger charge is 2.29. The van der Waals surface area contributed by atoms with Gasteiger partial charge in [0, 0.05) is 17.8 Å². The molecule has 1 unspecified atom stereocenters. The molecule has 0 saturated carbocycles. The van der Waals surface area contributed by atoms with Gasteiger partial charge in [-0.25, -0.2) is 9.97 Å². The molecule has 1 aliphatic heterocycles. The quantitative estimate of drug-likeness (QED) is 0.467. The first-order valence-electron chi connectivity index (χ1n) is 11.7. The summed E-state index contributed by atoms with van der Waals surface area (Å²) >= 11 is 6.09. The number of hydrogen-bond acceptors (Lipinski definition) is 6. The second kappa shape index (κ2) is 11.3. The molecule has 0 aliphatic carbocycles. The Hall–Kier alpha value is -3.45. The molecule has 1 aromatic heterocycles. The summed E-state index contributed by atoms with van der Waals surface area (Å²) in [6, 6.07) is 16.2. The SMILES string of the molecule is COC(=O)CNC(=O)c1cnc(N2CCCC2c2ccc(Cl)cc2)nc1CCc1ccccc1C. The molecule has 0 bridgehead atoms. The van der Waals surface area contributed by atoms with Gasteiger partial charge in [-0.15, -0.1) is 0 Å². The minimum atomic E-state index is -0.514. The summed E-state index contributed by atoms with van der Waals surface area (Å²) in [7, 11) is 1.28. The molecule has 1 fully saturated rings. The lowest BCUT2D eigenvalue weighted by Crippen LogP contribution is -2.32. The lowest BCUT2D eigenvalue weighted by atomic mass is 10.0. The maximum Gasteiger partial charge on any atom is 0.325 e. The zero-order chi connectivity index (χ0) is 24.8. The number of amides is 1. The number of esters is 1. The van der Waals surface area contributed by atoms with Crippen molar-refractivity contribution in [1.82, 2.24) is 15.3 Å². The standard InChI is InChI=1S/C27H29ClN4O3/c1-18-6-3-4-7-19(18)11-14-23-22(26(34)29-17-25(33)35-2)16-30-27(31-23)32-15-5-8-24(32)20-9-12-21(28)13-10-20/h3-4,6-7,9-10,12-13,16,24H,5,8,11,14-15,17H2,1-2H3,(H,29,34). The van der Waals surface area contributed by atoms with Gasteiger partial charge in [0.2, 0.25) is 5.95 Å². The van der Waals surface area contributed by atoms with Crippen LogP contribution in [0.25, 0.3) is 0 Å². The number of benzene rings is 2. The minimum absolute atomic E-state index is 0.149. The highest BCUT2D eigenvalue weighted by molar-refractivity contribution is 6.30. The van der Waals surface area contributed by atoms with Crippen molar-refractivity contribution < 1.29 is 14.3 Å². The Morgan fingerprint density at radius 1 is 1.14 bits per heavy atom. The zero-order valence-electron chi connectivity index (χ0n) is 20.0. The lowest BCUT2D eigenvalue weighted by Gasteiger charge is -2.26. The molecule has 7 nitrogen and oxygen atoms in total. The number of methoxy groups -OCH3 is 1. The molecule has 1 atom stereocenters. The number of carbonyl (C=O) groups excluding carboxylic acids is 2. The predicted octanol–water partition coefficient (Wildman–Crippen LogP) is 4.47. The van der Waals surface area contributed by atoms with E-state index in [1.165, 1.54) is 18.2 Å². The fourth-order valence-electron chi connectivity index (χ4n) is 4.43. The zero-order valence-corrected chi connectivity index (χ0v) is 20.7. The summed E-state index contributed by atoms with van der Waals surface area (Å²) in [5, 5.41) is 3.31. The third-order valence-electron chi connectivity index (χ3n) is 6.38. The molecule has 0 radical (unpaired) electrons. The van der Waals surface area contributed by atoms with Gasteiger partial charge in [-0.2, -0.15) is 0 Å². The van der Waals surface area contributed by atoms with Crippen LogP contribution in [0.5, 0.6) is 0 Å². The van der Waals surface area contributed by atoms with Crippen LogP contribution in [0.3, 0.4) is 0 Å². The summed E-state index contributed by atoms with van der Waals surface area (Å²) in [6.07, 6.45) is 4.89. The first kappa shape index (κ1) is 24.7. The number of hydrogen-bond donors (Lipinski definition) is 1. The fourth-order valence-corrected chi connectivity index (χ4v) is 4.55. The maximum absolute atomic E-state index is 12.9. The molecular formula is C27H29ClN4O3. The number of nitrogens with one attached hydrogen (secondary N) is 1. The molecule has 182 valence electrons. The van der Waals surface area contributed by atoms with Crippen molar-refractivity contribution in [2.45, 2.75) is 38.6 Å². The summed E-state index contributed by atoms with van der Waals surface area (Å²) in [6.45, 7) is 2.70. The molecule has 4 rings (SSSR count). The third-order valence-corrected chi connectivity index (χ3v) is 6.63. The normalized spacial score (nSPS) is 15.2. The summed E-state index contributed by atoms with van der Waals surface area (Å²) < 4.78 is 4.63. The van der Waals surface area contributed by atoms with Crippen LogP contribution in [0, 0.1) is 6.92 Å². The number of aryl methyl sites for hydroxylation is 3. The molecule has 1 saturated heterocycles. The average molecular weight is 493 g/mol. The molecule has 3 aromatic rings. The number of carbonyl (C=O) groups is 2. The van der Waals surface area contributed by atoms with Gasteiger partial charge in [-0.3, -0.25) is 9.59 Å². The van der Waals surface area contributed by atoms with E-state index in [1.807, 2.05) is 36.4 Å². The van der Waals surface area contributed by atoms with Gasteiger partial charge >= 0.3 is 5.97 Å². The van der Waals surface area contributed by atoms with Crippen molar-refractivity contribution in [3.05, 3.63) is 87.7 Å². The Bertz CT molecular complexity index is 1200. The Labute approximate surface area is 210 Å². The molecule has 8 heteroatoms. The molecule has 1 N–H and O–H groups in total. The predicted molar refractivity (Wildman–Crippen MR) is 136 cm³/mol. The molecule has 2 heterocycles. The van der Waals surface area contributed by atoms with Gasteiger partial charge < -0.3 is 15.0 Å². The van der Waals surface area contributed by atoms with Gasteiger partial charge in [-0.05, 0) is 61.4 Å². The minimum Gasteiger partial charge on any atom is -0.468 e. The van der Waals surface area contributed by atoms with E-state index >= 15 is 0 Å². The van der Waals surface area contributed by atoms with Crippen LogP contribution >= 0.6 is 11.6 Å². The van der Waals surface area contributed by atoms with Crippen molar-refractivity contribution in [2.75, 3.05) is 25.1 Å². The van der Waals surface area contributed by atoms with Crippen LogP contribution in [0.1, 0.15) is 51.6 Å². The van der Waals surface area contributed by atoms with E-state index in [-0.39, 0.29) is 12.6 Å². The van der Waals surface area contributed by atoms with E-state index in [2.05, 4.69) is 39.0 Å². The van der Waals surface area contributed by atoms with E-state index in [9.17, 15) is 9.59 Å². The van der Waals surface area contributed by atoms with E-state index in [0.717, 1.165) is 31.4 Å². The molecular weight excluding hydrogens is 464 g/mol. The summed E-state index contributed by atoms with van der Waals surface area (Å²) in [4.78, 5) is 36.0. The van der Waals surface area contributed by atoms with Crippen molar-refractivity contribution in [3.8, 4) is 0 Å². The van der Waals surface area contributed by atoms with E-state index in [4.69, 9.17) is 16.6 Å². The lowest BCUT2D eigenvalue weighted by molar-refractivity contribution is -0.139. The number of halogens is 1. The van der Waals surface area contributed by atoms with E-state index in [0.29, 0.717) is 28.6 Å². The average Bonchev–Trinajstić information content (AvgIpc) is 3.37. The van der Waals surface area contributed by atoms with Crippen LogP contribution in [-0.2, 0) is 22.4 Å². The van der Waals surface area contributed by atoms with Crippen molar-refractivity contribution in [1.29, 1.82) is 0 Å². The third kappa shape index (κ3) is 5.98. The molecule has 0 spiro atoms. The van der Waals surface area contributed by atoms with Gasteiger partial charge in [-0.1, -0.05) is 48.0 Å². The first-order valence-corrected chi connectivity index (χ1v) is 12.1. The van der Waals surface area contributed by atoms with Gasteiger partial charge in [0.15, 0.2) is 0 Å². The van der Waals surface area contributed by atoms with Gasteiger partial charge in [0.25, 0.3) is 5.91 Å². The molecule has 1 aliphatic rings. The second-order valence-electron chi connectivity index (χ2n) is 8.62. The first-order chi connectivity index (χ1) is 17.0. The number of nitrogens with zero attached hydrogens (tertiary/aromatic N) is 3. The number of rotatable bonds is 8. The highest BCUT2D eigenvalue weighted by Crippen LogP contribution is 2.35. The van der Waals surface area contributed by atoms with Crippen molar-refractivity contribution >= 4 is 29.4 Å². The van der Waals surface area contributed by atoms with Crippen LogP contribution < -0.4 is 10.2 Å². The topological polar surface area (TPSA) is 84.4 Å². The maximum atomic E-state index is 12.9. The monoisotopic (exact) mass is 492 g/mol. The Balaban J connectivity index is 1.62. The second-order valence-corrected chi connectivity index (χ2v) is 9.06. The van der Waals surface area contributed by atoms with E-state index < -0.39 is 11.9 Å². The Kier molecular flexibility index (Phi) is 7.98. The molecule has 1 amide bonds. The van der Waals surface area contributed by atoms with Crippen molar-refractivity contribution in [2.24, 2.45) is 0 Å². The number of anilines is 1. The van der Waals surface area contributed by atoms with E-state index in [1.54, 1.807) is 6.20 Å². The van der Waals surface area contributed by atoms with Crippen LogP contribution in [-0.4, -0.2) is 42.0 Å². The Morgan fingerprint density at radius 2 is 1.91 bits per heavy atom. The molecule has 2 aromatic carbocycles. The van der Waals surface area contributed by atoms with Crippen LogP contribution in [0.2, 0.25) is 5.02 Å². The Morgan fingerprint density at radius 3 is 2.66 bits per heavy atom. The van der Waals surface area contributed by atoms with Crippen molar-refractivity contribution in [3.63, 3.8) is 0 Å². The highest BCUT2D eigenvalue weighted by atomic mass is 35.5. The largest absolute Gasteiger partial charge is 0.468 e. The summed E-state index contributed by atoms with van der Waals surface area (Å²) in [5.41, 5.74) is 4.59. The molecule has 35 heavy (non-hydrogen) atoms. The number of aromatic nitrogens is 2.